The number of nitrogens with two attached hydrogens (primary N) is 1. The van der Waals surface area contributed by atoms with E-state index in [1.807, 2.05) is 24.0 Å². The van der Waals surface area contributed by atoms with E-state index in [0.29, 0.717) is 55.3 Å². The minimum atomic E-state index is -0.195. The van der Waals surface area contributed by atoms with Gasteiger partial charge in [0.05, 0.1) is 18.2 Å². The van der Waals surface area contributed by atoms with Crippen LogP contribution >= 0.6 is 11.6 Å². The summed E-state index contributed by atoms with van der Waals surface area (Å²) in [6.45, 7) is 8.74. The van der Waals surface area contributed by atoms with Gasteiger partial charge in [-0.15, -0.1) is 0 Å². The van der Waals surface area contributed by atoms with Gasteiger partial charge in [0.15, 0.2) is 11.5 Å². The molecule has 0 radical (unpaired) electrons. The van der Waals surface area contributed by atoms with Crippen molar-refractivity contribution in [1.82, 2.24) is 4.90 Å². The summed E-state index contributed by atoms with van der Waals surface area (Å²) in [6, 6.07) is 3.77. The van der Waals surface area contributed by atoms with E-state index in [0.717, 1.165) is 12.0 Å². The quantitative estimate of drug-likeness (QED) is 0.852. The van der Waals surface area contributed by atoms with Gasteiger partial charge in [0.25, 0.3) is 0 Å². The van der Waals surface area contributed by atoms with E-state index in [4.69, 9.17) is 26.8 Å². The lowest BCUT2D eigenvalue weighted by Gasteiger charge is -2.27. The number of fused-ring (bicyclic) bond motifs is 1. The van der Waals surface area contributed by atoms with Crippen LogP contribution in [-0.4, -0.2) is 37.1 Å². The summed E-state index contributed by atoms with van der Waals surface area (Å²) in [5.41, 5.74) is 6.60. The molecule has 1 amide bonds. The van der Waals surface area contributed by atoms with Gasteiger partial charge in [-0.25, -0.2) is 0 Å². The van der Waals surface area contributed by atoms with Crippen LogP contribution in [0.5, 0.6) is 11.5 Å². The topological polar surface area (TPSA) is 64.8 Å². The van der Waals surface area contributed by atoms with Crippen molar-refractivity contribution >= 4 is 17.5 Å². The Morgan fingerprint density at radius 2 is 2.00 bits per heavy atom. The van der Waals surface area contributed by atoms with Gasteiger partial charge in [0.2, 0.25) is 5.91 Å². The summed E-state index contributed by atoms with van der Waals surface area (Å²) in [6.07, 6.45) is 0.826. The van der Waals surface area contributed by atoms with E-state index in [-0.39, 0.29) is 11.8 Å². The van der Waals surface area contributed by atoms with Crippen molar-refractivity contribution in [2.75, 3.05) is 26.3 Å². The van der Waals surface area contributed by atoms with Gasteiger partial charge < -0.3 is 20.1 Å². The summed E-state index contributed by atoms with van der Waals surface area (Å²) in [7, 11) is 0. The first kappa shape index (κ1) is 18.9. The molecule has 0 saturated carbocycles. The maximum atomic E-state index is 12.6. The SMILES string of the molecule is CC(C)CN(Cc1cc(Cl)c2c(c1)OCCCO2)C(=O)[C@H](C)CN. The van der Waals surface area contributed by atoms with Gasteiger partial charge in [-0.1, -0.05) is 32.4 Å². The van der Waals surface area contributed by atoms with Crippen molar-refractivity contribution in [3.63, 3.8) is 0 Å². The van der Waals surface area contributed by atoms with Crippen LogP contribution in [0.1, 0.15) is 32.8 Å². The molecular weight excluding hydrogens is 328 g/mol. The second kappa shape index (κ2) is 8.58. The zero-order chi connectivity index (χ0) is 17.7. The van der Waals surface area contributed by atoms with E-state index >= 15 is 0 Å². The highest BCUT2D eigenvalue weighted by atomic mass is 35.5. The molecule has 0 aromatic heterocycles. The van der Waals surface area contributed by atoms with Crippen molar-refractivity contribution in [1.29, 1.82) is 0 Å². The third kappa shape index (κ3) is 4.77. The Kier molecular flexibility index (Phi) is 6.75. The standard InChI is InChI=1S/C18H27ClN2O3/c1-12(2)10-21(18(22)13(3)9-20)11-14-7-15(19)17-16(8-14)23-5-4-6-24-17/h7-8,12-13H,4-6,9-11,20H2,1-3H3/t13-/m1/s1. The predicted octanol–water partition coefficient (Wildman–Crippen LogP) is 3.08. The smallest absolute Gasteiger partial charge is 0.226 e. The lowest BCUT2D eigenvalue weighted by atomic mass is 10.1. The molecule has 1 atom stereocenters. The first-order chi connectivity index (χ1) is 11.4. The molecule has 1 aromatic rings. The van der Waals surface area contributed by atoms with Crippen molar-refractivity contribution < 1.29 is 14.3 Å². The number of nitrogens with zero attached hydrogens (tertiary/aromatic N) is 1. The third-order valence-corrected chi connectivity index (χ3v) is 4.19. The first-order valence-electron chi connectivity index (χ1n) is 8.49. The largest absolute Gasteiger partial charge is 0.489 e. The van der Waals surface area contributed by atoms with Crippen molar-refractivity contribution in [2.45, 2.75) is 33.7 Å². The highest BCUT2D eigenvalue weighted by molar-refractivity contribution is 6.32. The molecule has 1 aromatic carbocycles. The lowest BCUT2D eigenvalue weighted by Crippen LogP contribution is -2.39. The fraction of sp³-hybridized carbons (Fsp3) is 0.611. The highest BCUT2D eigenvalue weighted by Crippen LogP contribution is 2.38. The van der Waals surface area contributed by atoms with Gasteiger partial charge >= 0.3 is 0 Å². The minimum absolute atomic E-state index is 0.0643. The molecule has 1 aliphatic rings. The highest BCUT2D eigenvalue weighted by Gasteiger charge is 2.22. The molecule has 0 spiro atoms. The summed E-state index contributed by atoms with van der Waals surface area (Å²) >= 11 is 6.35. The van der Waals surface area contributed by atoms with Crippen LogP contribution in [0.4, 0.5) is 0 Å². The molecule has 0 unspecified atom stereocenters. The van der Waals surface area contributed by atoms with E-state index in [1.165, 1.54) is 0 Å². The molecule has 1 heterocycles. The van der Waals surface area contributed by atoms with Crippen LogP contribution in [0, 0.1) is 11.8 Å². The summed E-state index contributed by atoms with van der Waals surface area (Å²) in [5.74, 6) is 1.48. The average Bonchev–Trinajstić information content (AvgIpc) is 2.78. The van der Waals surface area contributed by atoms with Gasteiger partial charge in [-0.05, 0) is 23.6 Å². The minimum Gasteiger partial charge on any atom is -0.489 e. The van der Waals surface area contributed by atoms with Crippen LogP contribution in [0.3, 0.4) is 0 Å². The van der Waals surface area contributed by atoms with Gasteiger partial charge in [0, 0.05) is 32.0 Å². The molecule has 0 aliphatic carbocycles. The number of hydrogen-bond donors (Lipinski definition) is 1. The Morgan fingerprint density at radius 3 is 2.67 bits per heavy atom. The van der Waals surface area contributed by atoms with Crippen LogP contribution in [-0.2, 0) is 11.3 Å². The number of rotatable bonds is 6. The summed E-state index contributed by atoms with van der Waals surface area (Å²) in [5, 5.41) is 0.521. The number of hydrogen-bond acceptors (Lipinski definition) is 4. The van der Waals surface area contributed by atoms with Crippen molar-refractivity contribution in [2.24, 2.45) is 17.6 Å². The van der Waals surface area contributed by atoms with Gasteiger partial charge in [-0.2, -0.15) is 0 Å². The maximum absolute atomic E-state index is 12.6. The second-order valence-corrected chi connectivity index (χ2v) is 7.11. The van der Waals surface area contributed by atoms with Crippen molar-refractivity contribution in [3.05, 3.63) is 22.7 Å². The number of benzene rings is 1. The Labute approximate surface area is 149 Å². The van der Waals surface area contributed by atoms with Crippen LogP contribution in [0.2, 0.25) is 5.02 Å². The number of halogens is 1. The van der Waals surface area contributed by atoms with Gasteiger partial charge in [0.1, 0.15) is 0 Å². The molecular formula is C18H27ClN2O3. The summed E-state index contributed by atoms with van der Waals surface area (Å²) < 4.78 is 11.4. The zero-order valence-electron chi connectivity index (χ0n) is 14.7. The van der Waals surface area contributed by atoms with Crippen LogP contribution in [0.15, 0.2) is 12.1 Å². The molecule has 0 saturated heterocycles. The molecule has 1 aliphatic heterocycles. The predicted molar refractivity (Wildman–Crippen MR) is 95.5 cm³/mol. The van der Waals surface area contributed by atoms with E-state index in [1.54, 1.807) is 0 Å². The van der Waals surface area contributed by atoms with Crippen molar-refractivity contribution in [3.8, 4) is 11.5 Å². The Bertz CT molecular complexity index is 578. The molecule has 2 rings (SSSR count). The summed E-state index contributed by atoms with van der Waals surface area (Å²) in [4.78, 5) is 14.4. The zero-order valence-corrected chi connectivity index (χ0v) is 15.4. The number of ether oxygens (including phenoxy) is 2. The number of carbonyl (C=O) groups is 1. The molecule has 134 valence electrons. The van der Waals surface area contributed by atoms with E-state index < -0.39 is 0 Å². The molecule has 0 fully saturated rings. The Morgan fingerprint density at radius 1 is 1.29 bits per heavy atom. The average molecular weight is 355 g/mol. The maximum Gasteiger partial charge on any atom is 0.226 e. The van der Waals surface area contributed by atoms with Crippen LogP contribution in [0.25, 0.3) is 0 Å². The molecule has 2 N–H and O–H groups in total. The Balaban J connectivity index is 2.23. The van der Waals surface area contributed by atoms with E-state index in [9.17, 15) is 4.79 Å². The van der Waals surface area contributed by atoms with Gasteiger partial charge in [-0.3, -0.25) is 4.79 Å². The number of carbonyl (C=O) groups excluding carboxylic acids is 1. The fourth-order valence-corrected chi connectivity index (χ4v) is 2.97. The molecule has 24 heavy (non-hydrogen) atoms. The molecule has 6 heteroatoms. The lowest BCUT2D eigenvalue weighted by molar-refractivity contribution is -0.135. The molecule has 5 nitrogen and oxygen atoms in total. The first-order valence-corrected chi connectivity index (χ1v) is 8.87. The molecule has 0 bridgehead atoms. The normalized spacial score (nSPS) is 15.1. The number of amides is 1. The fourth-order valence-electron chi connectivity index (χ4n) is 2.68. The Hall–Kier alpha value is -1.46. The third-order valence-electron chi connectivity index (χ3n) is 3.91. The van der Waals surface area contributed by atoms with Crippen LogP contribution < -0.4 is 15.2 Å². The van der Waals surface area contributed by atoms with E-state index in [2.05, 4.69) is 13.8 Å². The monoisotopic (exact) mass is 354 g/mol. The second-order valence-electron chi connectivity index (χ2n) is 6.70.